The van der Waals surface area contributed by atoms with Crippen LogP contribution in [0, 0.1) is 0 Å². The molecule has 13 rings (SSSR count). The molecule has 4 heteroatoms. The number of benzene rings is 10. The lowest BCUT2D eigenvalue weighted by atomic mass is 9.97. The first kappa shape index (κ1) is 34.5. The molecular weight excluding hydrogens is 759 g/mol. The second kappa shape index (κ2) is 13.6. The van der Waals surface area contributed by atoms with Crippen LogP contribution < -0.4 is 4.90 Å². The Labute approximate surface area is 356 Å². The smallest absolute Gasteiger partial charge is 0.143 e. The number of hydrogen-bond acceptors (Lipinski definition) is 4. The highest BCUT2D eigenvalue weighted by Gasteiger charge is 2.22. The molecule has 0 spiro atoms. The van der Waals surface area contributed by atoms with Gasteiger partial charge in [-0.25, -0.2) is 0 Å². The molecular formula is C58H35NO3. The summed E-state index contributed by atoms with van der Waals surface area (Å²) in [5.41, 5.74) is 15.1. The van der Waals surface area contributed by atoms with E-state index in [0.29, 0.717) is 0 Å². The number of para-hydroxylation sites is 4. The minimum Gasteiger partial charge on any atom is -0.456 e. The van der Waals surface area contributed by atoms with Gasteiger partial charge in [0.15, 0.2) is 0 Å². The Balaban J connectivity index is 0.990. The van der Waals surface area contributed by atoms with Crippen LogP contribution >= 0.6 is 0 Å². The predicted octanol–water partition coefficient (Wildman–Crippen LogP) is 17.0. The van der Waals surface area contributed by atoms with E-state index < -0.39 is 0 Å². The topological polar surface area (TPSA) is 42.7 Å². The van der Waals surface area contributed by atoms with Crippen LogP contribution in [0.4, 0.5) is 17.1 Å². The third-order valence-corrected chi connectivity index (χ3v) is 12.5. The molecule has 0 aliphatic heterocycles. The van der Waals surface area contributed by atoms with E-state index in [9.17, 15) is 0 Å². The lowest BCUT2D eigenvalue weighted by molar-refractivity contribution is 0.668. The fraction of sp³-hybridized carbons (Fsp3) is 0. The Kier molecular flexibility index (Phi) is 7.57. The van der Waals surface area contributed by atoms with Gasteiger partial charge in [0, 0.05) is 60.2 Å². The molecule has 4 nitrogen and oxygen atoms in total. The molecule has 0 atom stereocenters. The van der Waals surface area contributed by atoms with Crippen molar-refractivity contribution in [3.63, 3.8) is 0 Å². The van der Waals surface area contributed by atoms with E-state index in [1.807, 2.05) is 24.3 Å². The van der Waals surface area contributed by atoms with Gasteiger partial charge < -0.3 is 18.2 Å². The Hall–Kier alpha value is -8.34. The summed E-state index contributed by atoms with van der Waals surface area (Å²) in [4.78, 5) is 2.36. The van der Waals surface area contributed by atoms with Crippen LogP contribution in [0.5, 0.6) is 0 Å². The van der Waals surface area contributed by atoms with Gasteiger partial charge in [0.1, 0.15) is 33.5 Å². The molecule has 0 saturated heterocycles. The first-order valence-corrected chi connectivity index (χ1v) is 21.0. The summed E-state index contributed by atoms with van der Waals surface area (Å²) in [5, 5.41) is 8.96. The van der Waals surface area contributed by atoms with Crippen molar-refractivity contribution in [3.8, 4) is 33.4 Å². The lowest BCUT2D eigenvalue weighted by Gasteiger charge is -2.28. The van der Waals surface area contributed by atoms with Gasteiger partial charge in [0.2, 0.25) is 0 Å². The summed E-state index contributed by atoms with van der Waals surface area (Å²) >= 11 is 0. The molecule has 0 bridgehead atoms. The van der Waals surface area contributed by atoms with Gasteiger partial charge in [-0.1, -0.05) is 152 Å². The van der Waals surface area contributed by atoms with Gasteiger partial charge in [-0.3, -0.25) is 0 Å². The lowest BCUT2D eigenvalue weighted by Crippen LogP contribution is -2.11. The van der Waals surface area contributed by atoms with Crippen LogP contribution in [0.1, 0.15) is 0 Å². The summed E-state index contributed by atoms with van der Waals surface area (Å²) < 4.78 is 19.5. The van der Waals surface area contributed by atoms with Crippen molar-refractivity contribution in [1.82, 2.24) is 0 Å². The Morgan fingerprint density at radius 2 is 0.742 bits per heavy atom. The Bertz CT molecular complexity index is 3710. The molecule has 13 aromatic rings. The minimum absolute atomic E-state index is 0.873. The van der Waals surface area contributed by atoms with Crippen molar-refractivity contribution in [3.05, 3.63) is 212 Å². The highest BCUT2D eigenvalue weighted by molar-refractivity contribution is 6.18. The van der Waals surface area contributed by atoms with Crippen molar-refractivity contribution in [2.45, 2.75) is 0 Å². The summed E-state index contributed by atoms with van der Waals surface area (Å²) in [5.74, 6) is 0. The zero-order valence-electron chi connectivity index (χ0n) is 33.4. The zero-order valence-corrected chi connectivity index (χ0v) is 33.4. The van der Waals surface area contributed by atoms with E-state index in [1.165, 1.54) is 0 Å². The van der Waals surface area contributed by atoms with Crippen molar-refractivity contribution in [2.75, 3.05) is 4.90 Å². The normalized spacial score (nSPS) is 11.9. The van der Waals surface area contributed by atoms with E-state index >= 15 is 0 Å². The maximum absolute atomic E-state index is 6.91. The molecule has 0 saturated carbocycles. The molecule has 0 amide bonds. The van der Waals surface area contributed by atoms with E-state index in [2.05, 4.69) is 193 Å². The average molecular weight is 794 g/mol. The maximum Gasteiger partial charge on any atom is 0.143 e. The number of anilines is 3. The van der Waals surface area contributed by atoms with Gasteiger partial charge in [-0.2, -0.15) is 0 Å². The van der Waals surface area contributed by atoms with Crippen LogP contribution in [0.3, 0.4) is 0 Å². The first-order chi connectivity index (χ1) is 30.7. The number of nitrogens with zero attached hydrogens (tertiary/aromatic N) is 1. The van der Waals surface area contributed by atoms with Crippen molar-refractivity contribution in [1.29, 1.82) is 0 Å². The van der Waals surface area contributed by atoms with E-state index in [0.717, 1.165) is 127 Å². The number of furan rings is 3. The average Bonchev–Trinajstić information content (AvgIpc) is 4.04. The van der Waals surface area contributed by atoms with Gasteiger partial charge in [-0.15, -0.1) is 0 Å². The Morgan fingerprint density at radius 1 is 0.274 bits per heavy atom. The largest absolute Gasteiger partial charge is 0.456 e. The molecule has 0 radical (unpaired) electrons. The first-order valence-electron chi connectivity index (χ1n) is 21.0. The van der Waals surface area contributed by atoms with Gasteiger partial charge in [-0.05, 0) is 88.3 Å². The summed E-state index contributed by atoms with van der Waals surface area (Å²) in [7, 11) is 0. The summed E-state index contributed by atoms with van der Waals surface area (Å²) in [6, 6.07) is 75.0. The number of hydrogen-bond donors (Lipinski definition) is 0. The molecule has 0 N–H and O–H groups in total. The fourth-order valence-corrected chi connectivity index (χ4v) is 9.67. The molecule has 0 aliphatic carbocycles. The number of fused-ring (bicyclic) bond motifs is 11. The molecule has 62 heavy (non-hydrogen) atoms. The second-order valence-corrected chi connectivity index (χ2v) is 15.9. The van der Waals surface area contributed by atoms with Gasteiger partial charge >= 0.3 is 0 Å². The van der Waals surface area contributed by atoms with Crippen LogP contribution in [-0.4, -0.2) is 0 Å². The van der Waals surface area contributed by atoms with Crippen molar-refractivity contribution >= 4 is 93.7 Å². The summed E-state index contributed by atoms with van der Waals surface area (Å²) in [6.45, 7) is 0. The highest BCUT2D eigenvalue weighted by atomic mass is 16.3. The minimum atomic E-state index is 0.873. The monoisotopic (exact) mass is 793 g/mol. The van der Waals surface area contributed by atoms with Crippen LogP contribution in [0.25, 0.3) is 110 Å². The molecule has 0 fully saturated rings. The van der Waals surface area contributed by atoms with Crippen LogP contribution in [-0.2, 0) is 0 Å². The third kappa shape index (κ3) is 5.27. The molecule has 10 aromatic carbocycles. The molecule has 290 valence electrons. The predicted molar refractivity (Wildman–Crippen MR) is 257 cm³/mol. The van der Waals surface area contributed by atoms with Crippen LogP contribution in [0.2, 0.25) is 0 Å². The van der Waals surface area contributed by atoms with E-state index in [4.69, 9.17) is 13.3 Å². The molecule has 3 aromatic heterocycles. The fourth-order valence-electron chi connectivity index (χ4n) is 9.67. The molecule has 3 heterocycles. The molecule has 0 unspecified atom stereocenters. The maximum atomic E-state index is 6.91. The van der Waals surface area contributed by atoms with E-state index in [1.54, 1.807) is 0 Å². The Morgan fingerprint density at radius 3 is 1.39 bits per heavy atom. The van der Waals surface area contributed by atoms with Crippen molar-refractivity contribution < 1.29 is 13.3 Å². The number of rotatable bonds is 6. The zero-order chi connectivity index (χ0) is 40.7. The standard InChI is InChI=1S/C58H35NO3/c1-2-13-43-36(12-1)30-35-47-46-20-9-19-45(58(46)62-57(43)47)44-14-3-6-21-50(44)59(39-31-26-37(27-32-39)41-17-10-24-53-55(41)48-15-4-7-22-51(48)60-53)40-33-28-38(29-34-40)42-18-11-25-54-56(42)49-16-5-8-23-52(49)61-54/h1-35H. The van der Waals surface area contributed by atoms with Gasteiger partial charge in [0.25, 0.3) is 0 Å². The quantitative estimate of drug-likeness (QED) is 0.168. The second-order valence-electron chi connectivity index (χ2n) is 15.9. The van der Waals surface area contributed by atoms with Gasteiger partial charge in [0.05, 0.1) is 5.69 Å². The SMILES string of the molecule is c1ccc(N(c2ccc(-c3cccc4oc5ccccc5c34)cc2)c2ccc(-c3cccc4oc5ccccc5c34)cc2)c(-c2cccc3c2oc2c4ccccc4ccc32)c1. The highest BCUT2D eigenvalue weighted by Crippen LogP contribution is 2.47. The summed E-state index contributed by atoms with van der Waals surface area (Å²) in [6.07, 6.45) is 0. The van der Waals surface area contributed by atoms with E-state index in [-0.39, 0.29) is 0 Å². The third-order valence-electron chi connectivity index (χ3n) is 12.5. The van der Waals surface area contributed by atoms with Crippen molar-refractivity contribution in [2.24, 2.45) is 0 Å². The molecule has 0 aliphatic rings. The van der Waals surface area contributed by atoms with Crippen LogP contribution in [0.15, 0.2) is 226 Å².